The molecular formula is C26H25F8N5O3S. The van der Waals surface area contributed by atoms with Crippen LogP contribution in [0.1, 0.15) is 43.7 Å². The third kappa shape index (κ3) is 7.53. The van der Waals surface area contributed by atoms with Crippen LogP contribution in [0.15, 0.2) is 47.6 Å². The number of likely N-dealkylation sites (tertiary alicyclic amines) is 1. The van der Waals surface area contributed by atoms with Gasteiger partial charge >= 0.3 is 10.2 Å². The molecule has 1 aliphatic carbocycles. The Morgan fingerprint density at radius 1 is 1.09 bits per heavy atom. The van der Waals surface area contributed by atoms with Crippen molar-refractivity contribution in [3.8, 4) is 6.19 Å². The maximum Gasteiger partial charge on any atom is 0.310 e. The van der Waals surface area contributed by atoms with Crippen molar-refractivity contribution in [2.45, 2.75) is 55.0 Å². The smallest absolute Gasteiger partial charge is 0.310 e. The zero-order chi connectivity index (χ0) is 31.9. The number of rotatable bonds is 7. The number of carbonyl (C=O) groups is 3. The quantitative estimate of drug-likeness (QED) is 0.226. The third-order valence-corrected chi connectivity index (χ3v) is 8.43. The normalized spacial score (nSPS) is 21.6. The number of pyridine rings is 1. The molecule has 2 amide bonds. The number of hydrogen-bond donors (Lipinski definition) is 1. The molecule has 4 rings (SSSR count). The molecule has 1 N–H and O–H groups in total. The van der Waals surface area contributed by atoms with E-state index in [2.05, 4.69) is 10.3 Å². The van der Waals surface area contributed by atoms with Crippen LogP contribution in [0.25, 0.3) is 0 Å². The molecule has 2 heterocycles. The maximum absolute atomic E-state index is 14.3. The molecule has 1 unspecified atom stereocenters. The number of nitriles is 1. The SMILES string of the molecule is N#CN1CCC(=O)[C@@H](C(=O)N(c2ccc(S(F)(F)(F)(F)F)cc2)C(C(=O)NC2CCC(F)(F)CC2)c2cncc(F)c2)C1. The number of hydrogen-bond acceptors (Lipinski definition) is 6. The molecule has 1 saturated heterocycles. The van der Waals surface area contributed by atoms with Crippen molar-refractivity contribution >= 4 is 33.5 Å². The van der Waals surface area contributed by atoms with E-state index in [0.717, 1.165) is 23.4 Å². The number of Topliss-reactive ketones (excluding diaryl/α,β-unsaturated/α-hetero) is 1. The first-order valence-electron chi connectivity index (χ1n) is 12.9. The molecule has 234 valence electrons. The van der Waals surface area contributed by atoms with Gasteiger partial charge in [-0.15, -0.1) is 0 Å². The molecule has 8 nitrogen and oxygen atoms in total. The zero-order valence-corrected chi connectivity index (χ0v) is 23.0. The van der Waals surface area contributed by atoms with E-state index in [1.807, 2.05) is 0 Å². The molecule has 43 heavy (non-hydrogen) atoms. The van der Waals surface area contributed by atoms with Gasteiger partial charge in [-0.25, -0.2) is 13.2 Å². The average molecular weight is 640 g/mol. The van der Waals surface area contributed by atoms with Gasteiger partial charge in [0.25, 0.3) is 0 Å². The van der Waals surface area contributed by atoms with Crippen LogP contribution in [-0.4, -0.2) is 52.5 Å². The standard InChI is InChI=1S/C26H25F8N5O3S/c27-17-11-16(12-36-13-17)23(24(41)37-18-5-8-26(28,29)9-6-18)39(25(42)21-14-38(15-35)10-7-22(21)40)19-1-3-20(4-2-19)43(30,31,32,33)34/h1-4,11-13,18,21,23H,5-10,14H2,(H,37,41)/t21-,23?/m0/s1. The monoisotopic (exact) mass is 639 g/mol. The predicted molar refractivity (Wildman–Crippen MR) is 138 cm³/mol. The Morgan fingerprint density at radius 2 is 1.72 bits per heavy atom. The molecule has 0 spiro atoms. The zero-order valence-electron chi connectivity index (χ0n) is 22.2. The van der Waals surface area contributed by atoms with E-state index in [1.165, 1.54) is 0 Å². The van der Waals surface area contributed by atoms with Crippen molar-refractivity contribution < 1.29 is 47.0 Å². The Labute approximate surface area is 240 Å². The summed E-state index contributed by atoms with van der Waals surface area (Å²) in [6.45, 7) is -0.483. The molecule has 17 heteroatoms. The largest absolute Gasteiger partial charge is 0.351 e. The van der Waals surface area contributed by atoms with Gasteiger partial charge in [-0.1, -0.05) is 19.4 Å². The minimum atomic E-state index is -10.2. The van der Waals surface area contributed by atoms with Crippen LogP contribution in [0, 0.1) is 23.2 Å². The second-order valence-corrected chi connectivity index (χ2v) is 12.9. The Morgan fingerprint density at radius 3 is 2.28 bits per heavy atom. The van der Waals surface area contributed by atoms with Gasteiger partial charge in [-0.05, 0) is 43.2 Å². The maximum atomic E-state index is 14.3. The topological polar surface area (TPSA) is 106 Å². The number of nitrogens with zero attached hydrogens (tertiary/aromatic N) is 4. The summed E-state index contributed by atoms with van der Waals surface area (Å²) in [5, 5.41) is 11.8. The highest BCUT2D eigenvalue weighted by atomic mass is 32.5. The first-order valence-corrected chi connectivity index (χ1v) is 14.9. The molecule has 0 radical (unpaired) electrons. The Kier molecular flexibility index (Phi) is 7.92. The lowest BCUT2D eigenvalue weighted by Gasteiger charge is -2.41. The van der Waals surface area contributed by atoms with Gasteiger partial charge in [0.1, 0.15) is 28.5 Å². The fourth-order valence-corrected chi connectivity index (χ4v) is 5.69. The molecule has 1 aromatic heterocycles. The summed E-state index contributed by atoms with van der Waals surface area (Å²) < 4.78 is 109. The van der Waals surface area contributed by atoms with Crippen LogP contribution >= 0.6 is 10.2 Å². The fourth-order valence-electron chi connectivity index (χ4n) is 5.03. The van der Waals surface area contributed by atoms with Crippen LogP contribution in [0.2, 0.25) is 0 Å². The van der Waals surface area contributed by atoms with Crippen LogP contribution in [0.5, 0.6) is 0 Å². The Bertz CT molecular complexity index is 1460. The molecule has 1 saturated carbocycles. The van der Waals surface area contributed by atoms with Crippen LogP contribution in [0.4, 0.5) is 38.3 Å². The highest BCUT2D eigenvalue weighted by Crippen LogP contribution is 3.02. The molecule has 0 bridgehead atoms. The molecule has 2 fully saturated rings. The van der Waals surface area contributed by atoms with E-state index in [1.54, 1.807) is 6.19 Å². The number of carbonyl (C=O) groups excluding carboxylic acids is 3. The predicted octanol–water partition coefficient (Wildman–Crippen LogP) is 6.02. The second-order valence-electron chi connectivity index (χ2n) is 10.5. The summed E-state index contributed by atoms with van der Waals surface area (Å²) in [5.74, 6) is -8.50. The second kappa shape index (κ2) is 10.6. The van der Waals surface area contributed by atoms with Gasteiger partial charge in [0.15, 0.2) is 6.19 Å². The number of piperidine rings is 1. The van der Waals surface area contributed by atoms with Gasteiger partial charge in [0.05, 0.1) is 6.20 Å². The lowest BCUT2D eigenvalue weighted by molar-refractivity contribution is -0.137. The van der Waals surface area contributed by atoms with Crippen molar-refractivity contribution in [1.82, 2.24) is 15.2 Å². The lowest BCUT2D eigenvalue weighted by atomic mass is 9.91. The first kappa shape index (κ1) is 32.0. The highest BCUT2D eigenvalue weighted by Gasteiger charge is 2.65. The molecule has 2 aliphatic rings. The highest BCUT2D eigenvalue weighted by molar-refractivity contribution is 8.45. The van der Waals surface area contributed by atoms with Gasteiger partial charge < -0.3 is 10.2 Å². The van der Waals surface area contributed by atoms with Crippen molar-refractivity contribution in [3.05, 3.63) is 54.1 Å². The number of anilines is 1. The molecule has 2 atom stereocenters. The molecule has 1 aromatic carbocycles. The van der Waals surface area contributed by atoms with Gasteiger partial charge in [0, 0.05) is 55.8 Å². The molecule has 2 aromatic rings. The Hall–Kier alpha value is -3.94. The Balaban J connectivity index is 1.83. The van der Waals surface area contributed by atoms with Gasteiger partial charge in [-0.3, -0.25) is 24.3 Å². The minimum absolute atomic E-state index is 0.00343. The third-order valence-electron chi connectivity index (χ3n) is 7.27. The number of ketones is 1. The molecule has 1 aliphatic heterocycles. The number of amides is 2. The number of aromatic nitrogens is 1. The summed E-state index contributed by atoms with van der Waals surface area (Å²) in [6, 6.07) is -0.973. The van der Waals surface area contributed by atoms with E-state index in [4.69, 9.17) is 0 Å². The summed E-state index contributed by atoms with van der Waals surface area (Å²) in [6.07, 6.45) is 1.76. The molecular weight excluding hydrogens is 614 g/mol. The van der Waals surface area contributed by atoms with Crippen LogP contribution in [-0.2, 0) is 14.4 Å². The van der Waals surface area contributed by atoms with E-state index < -0.39 is 87.5 Å². The number of alkyl halides is 2. The fraction of sp³-hybridized carbons (Fsp3) is 0.423. The van der Waals surface area contributed by atoms with Crippen LogP contribution < -0.4 is 10.2 Å². The van der Waals surface area contributed by atoms with E-state index in [9.17, 15) is 52.2 Å². The van der Waals surface area contributed by atoms with Crippen molar-refractivity contribution in [3.63, 3.8) is 0 Å². The number of benzene rings is 1. The number of halogens is 8. The lowest BCUT2D eigenvalue weighted by Crippen LogP contribution is -2.53. The minimum Gasteiger partial charge on any atom is -0.351 e. The average Bonchev–Trinajstić information content (AvgIpc) is 2.91. The number of nitrogens with one attached hydrogen (secondary N) is 1. The summed E-state index contributed by atoms with van der Waals surface area (Å²) in [5.41, 5.74) is -0.860. The van der Waals surface area contributed by atoms with Crippen molar-refractivity contribution in [2.75, 3.05) is 18.0 Å². The van der Waals surface area contributed by atoms with Gasteiger partial charge in [-0.2, -0.15) is 5.26 Å². The first-order chi connectivity index (χ1) is 19.8. The van der Waals surface area contributed by atoms with E-state index in [-0.39, 0.29) is 43.5 Å². The van der Waals surface area contributed by atoms with E-state index in [0.29, 0.717) is 17.0 Å². The van der Waals surface area contributed by atoms with E-state index >= 15 is 0 Å². The van der Waals surface area contributed by atoms with Crippen LogP contribution in [0.3, 0.4) is 0 Å². The van der Waals surface area contributed by atoms with Crippen molar-refractivity contribution in [1.29, 1.82) is 5.26 Å². The van der Waals surface area contributed by atoms with Gasteiger partial charge in [0.2, 0.25) is 17.7 Å². The summed E-state index contributed by atoms with van der Waals surface area (Å²) >= 11 is 0. The summed E-state index contributed by atoms with van der Waals surface area (Å²) in [4.78, 5) is 43.5. The van der Waals surface area contributed by atoms with Crippen molar-refractivity contribution in [2.24, 2.45) is 5.92 Å². The summed E-state index contributed by atoms with van der Waals surface area (Å²) in [7, 11) is -10.2.